The van der Waals surface area contributed by atoms with Crippen molar-refractivity contribution in [1.29, 1.82) is 5.26 Å². The van der Waals surface area contributed by atoms with Gasteiger partial charge in [-0.1, -0.05) is 0 Å². The Balaban J connectivity index is 2.25. The van der Waals surface area contributed by atoms with E-state index in [0.29, 0.717) is 22.7 Å². The first-order valence-corrected chi connectivity index (χ1v) is 7.57. The molecule has 0 aliphatic rings. The molecule has 24 heavy (non-hydrogen) atoms. The van der Waals surface area contributed by atoms with Gasteiger partial charge in [0, 0.05) is 17.7 Å². The van der Waals surface area contributed by atoms with Crippen molar-refractivity contribution in [3.8, 4) is 28.8 Å². The van der Waals surface area contributed by atoms with E-state index in [9.17, 15) is 5.26 Å². The molecule has 0 fully saturated rings. The van der Waals surface area contributed by atoms with Crippen LogP contribution in [0.4, 0.5) is 5.82 Å². The summed E-state index contributed by atoms with van der Waals surface area (Å²) in [7, 11) is 3.23. The van der Waals surface area contributed by atoms with E-state index in [4.69, 9.17) is 9.47 Å². The molecule has 0 atom stereocenters. The van der Waals surface area contributed by atoms with Crippen molar-refractivity contribution in [2.45, 2.75) is 19.9 Å². The predicted octanol–water partition coefficient (Wildman–Crippen LogP) is 3.04. The van der Waals surface area contributed by atoms with E-state index in [-0.39, 0.29) is 6.04 Å². The van der Waals surface area contributed by atoms with Crippen molar-refractivity contribution in [2.75, 3.05) is 19.5 Å². The summed E-state index contributed by atoms with van der Waals surface area (Å²) in [5, 5.41) is 17.0. The normalized spacial score (nSPS) is 10.8. The van der Waals surface area contributed by atoms with Gasteiger partial charge in [-0.15, -0.1) is 0 Å². The molecule has 2 aromatic heterocycles. The molecule has 2 N–H and O–H groups in total. The van der Waals surface area contributed by atoms with Gasteiger partial charge in [-0.3, -0.25) is 0 Å². The van der Waals surface area contributed by atoms with E-state index >= 15 is 0 Å². The monoisotopic (exact) mass is 325 g/mol. The van der Waals surface area contributed by atoms with Gasteiger partial charge in [0.15, 0.2) is 11.5 Å². The number of hydrogen-bond acceptors (Lipinski definition) is 5. The minimum atomic E-state index is 0.196. The quantitative estimate of drug-likeness (QED) is 0.753. The lowest BCUT2D eigenvalue weighted by atomic mass is 10.1. The van der Waals surface area contributed by atoms with Crippen molar-refractivity contribution in [2.24, 2.45) is 0 Å². The number of rotatable bonds is 5. The molecule has 0 bridgehead atoms. The Morgan fingerprint density at radius 3 is 2.71 bits per heavy atom. The van der Waals surface area contributed by atoms with Crippen LogP contribution in [0.3, 0.4) is 0 Å². The lowest BCUT2D eigenvalue weighted by Crippen LogP contribution is -2.12. The van der Waals surface area contributed by atoms with E-state index in [2.05, 4.69) is 21.5 Å². The maximum Gasteiger partial charge on any atom is 0.154 e. The highest BCUT2D eigenvalue weighted by atomic mass is 16.5. The van der Waals surface area contributed by atoms with Gasteiger partial charge in [-0.05, 0) is 26.0 Å². The Kier molecular flexibility index (Phi) is 4.04. The molecule has 7 heteroatoms. The van der Waals surface area contributed by atoms with Crippen molar-refractivity contribution in [1.82, 2.24) is 14.6 Å². The Labute approximate surface area is 139 Å². The number of nitrogens with zero attached hydrogens (tertiary/aromatic N) is 3. The molecule has 3 rings (SSSR count). The number of hydrogen-bond donors (Lipinski definition) is 2. The summed E-state index contributed by atoms with van der Waals surface area (Å²) < 4.78 is 12.5. The summed E-state index contributed by atoms with van der Waals surface area (Å²) in [6.45, 7) is 4.09. The Bertz CT molecular complexity index is 917. The molecular formula is C17H19N5O2. The number of nitriles is 1. The highest BCUT2D eigenvalue weighted by Crippen LogP contribution is 2.37. The van der Waals surface area contributed by atoms with Gasteiger partial charge < -0.3 is 19.8 Å². The molecule has 0 saturated carbocycles. The van der Waals surface area contributed by atoms with Gasteiger partial charge in [0.05, 0.1) is 26.1 Å². The van der Waals surface area contributed by atoms with Gasteiger partial charge in [-0.2, -0.15) is 14.9 Å². The minimum absolute atomic E-state index is 0.196. The highest BCUT2D eigenvalue weighted by Gasteiger charge is 2.20. The second kappa shape index (κ2) is 6.16. The second-order valence-electron chi connectivity index (χ2n) is 5.64. The summed E-state index contributed by atoms with van der Waals surface area (Å²) in [6.07, 6.45) is 1.55. The van der Waals surface area contributed by atoms with Gasteiger partial charge in [0.25, 0.3) is 0 Å². The number of imidazole rings is 1. The molecule has 0 aliphatic heterocycles. The maximum absolute atomic E-state index is 9.26. The maximum atomic E-state index is 9.26. The van der Waals surface area contributed by atoms with Crippen LogP contribution < -0.4 is 14.8 Å². The lowest BCUT2D eigenvalue weighted by Gasteiger charge is -2.13. The molecule has 2 heterocycles. The van der Waals surface area contributed by atoms with Crippen LogP contribution in [0.5, 0.6) is 11.5 Å². The average Bonchev–Trinajstić information content (AvgIpc) is 3.13. The molecule has 7 nitrogen and oxygen atoms in total. The first-order valence-electron chi connectivity index (χ1n) is 7.57. The summed E-state index contributed by atoms with van der Waals surface area (Å²) in [6, 6.07) is 7.95. The molecule has 0 saturated heterocycles. The molecule has 0 aliphatic carbocycles. The number of benzene rings is 1. The van der Waals surface area contributed by atoms with Crippen LogP contribution in [0.15, 0.2) is 24.4 Å². The molecule has 3 aromatic rings. The molecule has 1 aromatic carbocycles. The van der Waals surface area contributed by atoms with Crippen LogP contribution in [-0.2, 0) is 0 Å². The van der Waals surface area contributed by atoms with Gasteiger partial charge in [-0.25, -0.2) is 0 Å². The zero-order valence-electron chi connectivity index (χ0n) is 14.0. The topological polar surface area (TPSA) is 87.4 Å². The zero-order chi connectivity index (χ0) is 17.3. The van der Waals surface area contributed by atoms with E-state index in [1.807, 2.05) is 32.0 Å². The first kappa shape index (κ1) is 15.7. The van der Waals surface area contributed by atoms with Crippen LogP contribution in [0.25, 0.3) is 16.9 Å². The third-order valence-electron chi connectivity index (χ3n) is 3.69. The molecule has 0 radical (unpaired) electrons. The highest BCUT2D eigenvalue weighted by molar-refractivity contribution is 5.82. The minimum Gasteiger partial charge on any atom is -0.497 e. The van der Waals surface area contributed by atoms with Gasteiger partial charge >= 0.3 is 0 Å². The van der Waals surface area contributed by atoms with Crippen LogP contribution in [0, 0.1) is 11.3 Å². The van der Waals surface area contributed by atoms with Crippen LogP contribution in [0.2, 0.25) is 0 Å². The van der Waals surface area contributed by atoms with Gasteiger partial charge in [0.2, 0.25) is 0 Å². The van der Waals surface area contributed by atoms with E-state index < -0.39 is 0 Å². The summed E-state index contributed by atoms with van der Waals surface area (Å²) >= 11 is 0. The number of H-pyrrole nitrogens is 1. The zero-order valence-corrected chi connectivity index (χ0v) is 14.0. The Morgan fingerprint density at radius 1 is 1.29 bits per heavy atom. The third kappa shape index (κ3) is 2.52. The number of methoxy groups -OCH3 is 2. The second-order valence-corrected chi connectivity index (χ2v) is 5.64. The summed E-state index contributed by atoms with van der Waals surface area (Å²) in [5.41, 5.74) is 2.80. The largest absolute Gasteiger partial charge is 0.497 e. The first-order chi connectivity index (χ1) is 11.6. The van der Waals surface area contributed by atoms with Crippen molar-refractivity contribution < 1.29 is 9.47 Å². The number of aromatic nitrogens is 3. The molecule has 124 valence electrons. The van der Waals surface area contributed by atoms with E-state index in [1.165, 1.54) is 0 Å². The average molecular weight is 325 g/mol. The fourth-order valence-electron chi connectivity index (χ4n) is 2.61. The van der Waals surface area contributed by atoms with Crippen LogP contribution >= 0.6 is 0 Å². The standard InChI is InChI=1S/C17H19N5O2/c1-10(2)20-17-15(21-16-11(8-18)9-19-22(16)17)13-6-5-12(23-3)7-14(13)24-4/h5-7,9-10,20-21H,1-4H3. The van der Waals surface area contributed by atoms with Crippen molar-refractivity contribution in [3.63, 3.8) is 0 Å². The lowest BCUT2D eigenvalue weighted by molar-refractivity contribution is 0.395. The number of nitrogens with one attached hydrogen (secondary N) is 2. The molecular weight excluding hydrogens is 306 g/mol. The number of aromatic amines is 1. The third-order valence-corrected chi connectivity index (χ3v) is 3.69. The fraction of sp³-hybridized carbons (Fsp3) is 0.294. The van der Waals surface area contributed by atoms with Crippen molar-refractivity contribution in [3.05, 3.63) is 30.0 Å². The van der Waals surface area contributed by atoms with Crippen LogP contribution in [0.1, 0.15) is 19.4 Å². The molecule has 0 spiro atoms. The van der Waals surface area contributed by atoms with E-state index in [0.717, 1.165) is 17.1 Å². The van der Waals surface area contributed by atoms with E-state index in [1.54, 1.807) is 24.9 Å². The van der Waals surface area contributed by atoms with Crippen LogP contribution in [-0.4, -0.2) is 34.9 Å². The number of ether oxygens (including phenoxy) is 2. The predicted molar refractivity (Wildman–Crippen MR) is 91.6 cm³/mol. The Hall–Kier alpha value is -3.14. The fourth-order valence-corrected chi connectivity index (χ4v) is 2.61. The Morgan fingerprint density at radius 2 is 2.08 bits per heavy atom. The number of fused-ring (bicyclic) bond motifs is 1. The molecule has 0 unspecified atom stereocenters. The SMILES string of the molecule is COc1ccc(-c2[nH]c3c(C#N)cnn3c2NC(C)C)c(OC)c1. The summed E-state index contributed by atoms with van der Waals surface area (Å²) in [5.74, 6) is 2.16. The summed E-state index contributed by atoms with van der Waals surface area (Å²) in [4.78, 5) is 3.29. The smallest absolute Gasteiger partial charge is 0.154 e. The number of anilines is 1. The van der Waals surface area contributed by atoms with Gasteiger partial charge in [0.1, 0.15) is 23.1 Å². The van der Waals surface area contributed by atoms with Crippen molar-refractivity contribution >= 4 is 11.5 Å². The molecule has 0 amide bonds.